The van der Waals surface area contributed by atoms with Crippen molar-refractivity contribution < 1.29 is 18.7 Å². The average Bonchev–Trinajstić information content (AvgIpc) is 2.57. The Bertz CT molecular complexity index is 533. The van der Waals surface area contributed by atoms with Crippen LogP contribution >= 0.6 is 0 Å². The zero-order chi connectivity index (χ0) is 16.5. The van der Waals surface area contributed by atoms with Gasteiger partial charge in [-0.2, -0.15) is 0 Å². The van der Waals surface area contributed by atoms with E-state index in [0.717, 1.165) is 45.3 Å². The minimum absolute atomic E-state index is 0.118. The van der Waals surface area contributed by atoms with E-state index in [0.29, 0.717) is 6.54 Å². The van der Waals surface area contributed by atoms with E-state index in [-0.39, 0.29) is 18.0 Å². The Kier molecular flexibility index (Phi) is 6.96. The molecule has 0 aromatic heterocycles. The van der Waals surface area contributed by atoms with Crippen LogP contribution < -0.4 is 10.6 Å². The highest BCUT2D eigenvalue weighted by Crippen LogP contribution is 2.02. The molecule has 2 rings (SSSR count). The SMILES string of the molecule is O=C(CNC(=O)c1cccc(F)c1)NCCCN1CCOCC1. The molecule has 126 valence electrons. The van der Waals surface area contributed by atoms with Gasteiger partial charge in [0.15, 0.2) is 0 Å². The van der Waals surface area contributed by atoms with Gasteiger partial charge in [-0.15, -0.1) is 0 Å². The summed E-state index contributed by atoms with van der Waals surface area (Å²) < 4.78 is 18.3. The van der Waals surface area contributed by atoms with E-state index in [1.54, 1.807) is 0 Å². The number of ether oxygens (including phenoxy) is 1. The lowest BCUT2D eigenvalue weighted by molar-refractivity contribution is -0.120. The van der Waals surface area contributed by atoms with Gasteiger partial charge in [0.2, 0.25) is 5.91 Å². The largest absolute Gasteiger partial charge is 0.379 e. The summed E-state index contributed by atoms with van der Waals surface area (Å²) in [6.07, 6.45) is 0.851. The molecule has 0 saturated carbocycles. The second-order valence-corrected chi connectivity index (χ2v) is 5.35. The fourth-order valence-corrected chi connectivity index (χ4v) is 2.31. The summed E-state index contributed by atoms with van der Waals surface area (Å²) >= 11 is 0. The Morgan fingerprint density at radius 3 is 2.74 bits per heavy atom. The van der Waals surface area contributed by atoms with Crippen molar-refractivity contribution in [1.82, 2.24) is 15.5 Å². The molecule has 1 aliphatic heterocycles. The molecule has 1 aliphatic rings. The molecule has 1 aromatic rings. The number of nitrogens with zero attached hydrogens (tertiary/aromatic N) is 1. The van der Waals surface area contributed by atoms with Crippen LogP contribution in [0.3, 0.4) is 0 Å². The predicted molar refractivity (Wildman–Crippen MR) is 83.6 cm³/mol. The minimum Gasteiger partial charge on any atom is -0.379 e. The normalized spacial score (nSPS) is 15.2. The van der Waals surface area contributed by atoms with Crippen LogP contribution in [0.15, 0.2) is 24.3 Å². The maximum Gasteiger partial charge on any atom is 0.251 e. The summed E-state index contributed by atoms with van der Waals surface area (Å²) in [7, 11) is 0. The molecule has 1 heterocycles. The van der Waals surface area contributed by atoms with Crippen molar-refractivity contribution in [3.8, 4) is 0 Å². The van der Waals surface area contributed by atoms with Crippen LogP contribution in [0.5, 0.6) is 0 Å². The molecule has 6 nitrogen and oxygen atoms in total. The van der Waals surface area contributed by atoms with E-state index < -0.39 is 11.7 Å². The molecule has 1 saturated heterocycles. The molecule has 1 fully saturated rings. The smallest absolute Gasteiger partial charge is 0.251 e. The number of halogens is 1. The van der Waals surface area contributed by atoms with Crippen molar-refractivity contribution in [3.63, 3.8) is 0 Å². The second kappa shape index (κ2) is 9.22. The molecule has 0 aliphatic carbocycles. The number of carbonyl (C=O) groups is 2. The van der Waals surface area contributed by atoms with Crippen molar-refractivity contribution in [2.45, 2.75) is 6.42 Å². The lowest BCUT2D eigenvalue weighted by Crippen LogP contribution is -2.40. The number of hydrogen-bond donors (Lipinski definition) is 2. The molecule has 1 aromatic carbocycles. The molecule has 0 atom stereocenters. The molecule has 2 N–H and O–H groups in total. The van der Waals surface area contributed by atoms with Gasteiger partial charge >= 0.3 is 0 Å². The molecule has 7 heteroatoms. The van der Waals surface area contributed by atoms with Crippen molar-refractivity contribution in [2.75, 3.05) is 45.9 Å². The van der Waals surface area contributed by atoms with E-state index in [1.165, 1.54) is 18.2 Å². The fraction of sp³-hybridized carbons (Fsp3) is 0.500. The van der Waals surface area contributed by atoms with Crippen LogP contribution in [-0.2, 0) is 9.53 Å². The number of morpholine rings is 1. The zero-order valence-corrected chi connectivity index (χ0v) is 13.0. The molecular formula is C16H22FN3O3. The Morgan fingerprint density at radius 1 is 1.22 bits per heavy atom. The van der Waals surface area contributed by atoms with Gasteiger partial charge in [-0.1, -0.05) is 6.07 Å². The van der Waals surface area contributed by atoms with Gasteiger partial charge in [-0.25, -0.2) is 4.39 Å². The summed E-state index contributed by atoms with van der Waals surface area (Å²) in [5.74, 6) is -1.20. The third kappa shape index (κ3) is 6.33. The van der Waals surface area contributed by atoms with Gasteiger partial charge in [0.05, 0.1) is 19.8 Å². The predicted octanol–water partition coefficient (Wildman–Crippen LogP) is 0.394. The topological polar surface area (TPSA) is 70.7 Å². The van der Waals surface area contributed by atoms with Crippen LogP contribution in [0.2, 0.25) is 0 Å². The van der Waals surface area contributed by atoms with Crippen molar-refractivity contribution in [1.29, 1.82) is 0 Å². The van der Waals surface area contributed by atoms with E-state index in [1.807, 2.05) is 0 Å². The summed E-state index contributed by atoms with van der Waals surface area (Å²) in [4.78, 5) is 25.7. The summed E-state index contributed by atoms with van der Waals surface area (Å²) in [5, 5.41) is 5.23. The van der Waals surface area contributed by atoms with Gasteiger partial charge in [0.25, 0.3) is 5.91 Å². The van der Waals surface area contributed by atoms with Gasteiger partial charge in [0.1, 0.15) is 5.82 Å². The van der Waals surface area contributed by atoms with Gasteiger partial charge in [-0.05, 0) is 31.2 Å². The number of rotatable bonds is 7. The Morgan fingerprint density at radius 2 is 2.00 bits per heavy atom. The van der Waals surface area contributed by atoms with E-state index in [4.69, 9.17) is 4.74 Å². The van der Waals surface area contributed by atoms with E-state index in [9.17, 15) is 14.0 Å². The van der Waals surface area contributed by atoms with Crippen LogP contribution in [-0.4, -0.2) is 62.7 Å². The van der Waals surface area contributed by atoms with E-state index in [2.05, 4.69) is 15.5 Å². The maximum absolute atomic E-state index is 13.0. The van der Waals surface area contributed by atoms with Gasteiger partial charge < -0.3 is 15.4 Å². The van der Waals surface area contributed by atoms with Crippen LogP contribution in [0.25, 0.3) is 0 Å². The maximum atomic E-state index is 13.0. The van der Waals surface area contributed by atoms with Crippen molar-refractivity contribution in [2.24, 2.45) is 0 Å². The van der Waals surface area contributed by atoms with Gasteiger partial charge in [-0.3, -0.25) is 14.5 Å². The summed E-state index contributed by atoms with van der Waals surface area (Å²) in [5.41, 5.74) is 0.199. The lowest BCUT2D eigenvalue weighted by Gasteiger charge is -2.26. The third-order valence-corrected chi connectivity index (χ3v) is 3.57. The van der Waals surface area contributed by atoms with Gasteiger partial charge in [0, 0.05) is 25.2 Å². The number of nitrogens with one attached hydrogen (secondary N) is 2. The standard InChI is InChI=1S/C16H22FN3O3/c17-14-4-1-3-13(11-14)16(22)19-12-15(21)18-5-2-6-20-7-9-23-10-8-20/h1,3-4,11H,2,5-10,12H2,(H,18,21)(H,19,22). The first kappa shape index (κ1) is 17.4. The van der Waals surface area contributed by atoms with Crippen molar-refractivity contribution in [3.05, 3.63) is 35.6 Å². The highest BCUT2D eigenvalue weighted by atomic mass is 19.1. The highest BCUT2D eigenvalue weighted by molar-refractivity contribution is 5.96. The zero-order valence-electron chi connectivity index (χ0n) is 13.0. The van der Waals surface area contributed by atoms with Crippen LogP contribution in [0.1, 0.15) is 16.8 Å². The van der Waals surface area contributed by atoms with Crippen molar-refractivity contribution >= 4 is 11.8 Å². The summed E-state index contributed by atoms with van der Waals surface area (Å²) in [6.45, 7) is 4.74. The van der Waals surface area contributed by atoms with Crippen LogP contribution in [0, 0.1) is 5.82 Å². The quantitative estimate of drug-likeness (QED) is 0.713. The second-order valence-electron chi connectivity index (χ2n) is 5.35. The molecule has 23 heavy (non-hydrogen) atoms. The first-order chi connectivity index (χ1) is 11.1. The Balaban J connectivity index is 1.58. The molecule has 2 amide bonds. The number of benzene rings is 1. The average molecular weight is 323 g/mol. The minimum atomic E-state index is -0.481. The number of amides is 2. The molecule has 0 spiro atoms. The number of hydrogen-bond acceptors (Lipinski definition) is 4. The first-order valence-electron chi connectivity index (χ1n) is 7.76. The van der Waals surface area contributed by atoms with Crippen LogP contribution in [0.4, 0.5) is 4.39 Å². The fourth-order valence-electron chi connectivity index (χ4n) is 2.31. The molecule has 0 bridgehead atoms. The van der Waals surface area contributed by atoms with E-state index >= 15 is 0 Å². The molecule has 0 unspecified atom stereocenters. The molecular weight excluding hydrogens is 301 g/mol. The Hall–Kier alpha value is -1.99. The lowest BCUT2D eigenvalue weighted by atomic mass is 10.2. The monoisotopic (exact) mass is 323 g/mol. The highest BCUT2D eigenvalue weighted by Gasteiger charge is 2.10. The Labute approximate surface area is 135 Å². The third-order valence-electron chi connectivity index (χ3n) is 3.57. The summed E-state index contributed by atoms with van der Waals surface area (Å²) in [6, 6.07) is 5.35. The first-order valence-corrected chi connectivity index (χ1v) is 7.76. The number of carbonyl (C=O) groups excluding carboxylic acids is 2. The molecule has 0 radical (unpaired) electrons.